The van der Waals surface area contributed by atoms with Crippen LogP contribution in [0.4, 0.5) is 5.69 Å². The fraction of sp³-hybridized carbons (Fsp3) is 0.107. The van der Waals surface area contributed by atoms with E-state index >= 15 is 0 Å². The number of ether oxygens (including phenoxy) is 1. The molecule has 0 aliphatic carbocycles. The summed E-state index contributed by atoms with van der Waals surface area (Å²) in [6.07, 6.45) is 0.707. The molecule has 1 aliphatic rings. The number of anilines is 1. The average molecular weight is 484 g/mol. The van der Waals surface area contributed by atoms with Crippen LogP contribution in [0.1, 0.15) is 29.2 Å². The largest absolute Gasteiger partial charge is 0.457 e. The molecule has 4 aromatic rings. The normalized spacial score (nSPS) is 15.7. The molecule has 1 atom stereocenters. The maximum absolute atomic E-state index is 11.7. The number of hydrazone groups is 1. The van der Waals surface area contributed by atoms with Gasteiger partial charge in [0.15, 0.2) is 0 Å². The maximum atomic E-state index is 11.7. The smallest absolute Gasteiger partial charge is 0.238 e. The highest BCUT2D eigenvalue weighted by atomic mass is 32.2. The highest BCUT2D eigenvalue weighted by Gasteiger charge is 2.30. The zero-order valence-corrected chi connectivity index (χ0v) is 20.0. The third-order valence-corrected chi connectivity index (χ3v) is 6.90. The van der Waals surface area contributed by atoms with Crippen molar-refractivity contribution in [1.29, 1.82) is 0 Å². The molecule has 0 saturated heterocycles. The molecule has 7 heteroatoms. The lowest BCUT2D eigenvalue weighted by molar-refractivity contribution is 0.482. The van der Waals surface area contributed by atoms with Gasteiger partial charge >= 0.3 is 0 Å². The van der Waals surface area contributed by atoms with Crippen LogP contribution in [-0.4, -0.2) is 14.1 Å². The van der Waals surface area contributed by atoms with Crippen LogP contribution in [0.25, 0.3) is 0 Å². The summed E-state index contributed by atoms with van der Waals surface area (Å²) in [5.41, 5.74) is 5.06. The van der Waals surface area contributed by atoms with E-state index in [9.17, 15) is 8.42 Å². The predicted octanol–water partition coefficient (Wildman–Crippen LogP) is 5.79. The molecule has 0 aromatic heterocycles. The Bertz CT molecular complexity index is 1450. The number of nitrogens with zero attached hydrogens (tertiary/aromatic N) is 2. The Labute approximate surface area is 205 Å². The van der Waals surface area contributed by atoms with Gasteiger partial charge in [-0.15, -0.1) is 0 Å². The number of aryl methyl sites for hydroxylation is 1. The number of primary sulfonamides is 1. The second-order valence-corrected chi connectivity index (χ2v) is 10.1. The van der Waals surface area contributed by atoms with E-state index in [4.69, 9.17) is 15.0 Å². The lowest BCUT2D eigenvalue weighted by Gasteiger charge is -2.24. The van der Waals surface area contributed by atoms with E-state index in [1.165, 1.54) is 17.7 Å². The first-order valence-corrected chi connectivity index (χ1v) is 12.8. The van der Waals surface area contributed by atoms with E-state index in [1.54, 1.807) is 12.1 Å². The summed E-state index contributed by atoms with van der Waals surface area (Å²) >= 11 is 0. The van der Waals surface area contributed by atoms with Crippen LogP contribution in [0.2, 0.25) is 0 Å². The highest BCUT2D eigenvalue weighted by molar-refractivity contribution is 7.89. The summed E-state index contributed by atoms with van der Waals surface area (Å²) in [7, 11) is -3.76. The van der Waals surface area contributed by atoms with Crippen molar-refractivity contribution in [2.24, 2.45) is 10.2 Å². The molecule has 0 amide bonds. The Morgan fingerprint density at radius 1 is 0.829 bits per heavy atom. The van der Waals surface area contributed by atoms with Crippen LogP contribution in [-0.2, 0) is 10.0 Å². The molecule has 6 nitrogen and oxygen atoms in total. The molecule has 0 saturated carbocycles. The second kappa shape index (κ2) is 9.37. The summed E-state index contributed by atoms with van der Waals surface area (Å²) < 4.78 is 29.3. The van der Waals surface area contributed by atoms with Gasteiger partial charge in [-0.3, -0.25) is 5.01 Å². The van der Waals surface area contributed by atoms with Gasteiger partial charge in [-0.2, -0.15) is 5.10 Å². The van der Waals surface area contributed by atoms with Crippen LogP contribution < -0.4 is 14.9 Å². The van der Waals surface area contributed by atoms with Crippen molar-refractivity contribution in [2.75, 3.05) is 5.01 Å². The molecule has 0 fully saturated rings. The van der Waals surface area contributed by atoms with Crippen molar-refractivity contribution in [3.05, 3.63) is 120 Å². The molecule has 2 N–H and O–H groups in total. The topological polar surface area (TPSA) is 85.0 Å². The van der Waals surface area contributed by atoms with Crippen LogP contribution in [0, 0.1) is 6.92 Å². The molecule has 1 heterocycles. The zero-order valence-electron chi connectivity index (χ0n) is 19.2. The fourth-order valence-electron chi connectivity index (χ4n) is 4.10. The summed E-state index contributed by atoms with van der Waals surface area (Å²) in [6.45, 7) is 2.06. The number of sulfonamides is 1. The number of hydrogen-bond acceptors (Lipinski definition) is 5. The molecule has 176 valence electrons. The number of para-hydroxylation sites is 1. The van der Waals surface area contributed by atoms with Gasteiger partial charge < -0.3 is 4.74 Å². The van der Waals surface area contributed by atoms with E-state index in [1.807, 2.05) is 59.6 Å². The third kappa shape index (κ3) is 5.11. The van der Waals surface area contributed by atoms with Crippen LogP contribution in [0.3, 0.4) is 0 Å². The Morgan fingerprint density at radius 3 is 2.09 bits per heavy atom. The average Bonchev–Trinajstić information content (AvgIpc) is 3.31. The molecular formula is C28H25N3O3S. The van der Waals surface area contributed by atoms with Gasteiger partial charge in [0.1, 0.15) is 11.5 Å². The molecule has 1 unspecified atom stereocenters. The lowest BCUT2D eigenvalue weighted by Crippen LogP contribution is -2.19. The number of hydrogen-bond donors (Lipinski definition) is 1. The van der Waals surface area contributed by atoms with Crippen molar-refractivity contribution >= 4 is 21.4 Å². The predicted molar refractivity (Wildman–Crippen MR) is 138 cm³/mol. The third-order valence-electron chi connectivity index (χ3n) is 5.97. The van der Waals surface area contributed by atoms with Gasteiger partial charge in [-0.1, -0.05) is 48.0 Å². The minimum Gasteiger partial charge on any atom is -0.457 e. The maximum Gasteiger partial charge on any atom is 0.238 e. The first-order chi connectivity index (χ1) is 16.9. The van der Waals surface area contributed by atoms with Gasteiger partial charge in [0.25, 0.3) is 0 Å². The van der Waals surface area contributed by atoms with E-state index in [-0.39, 0.29) is 10.9 Å². The molecular weight excluding hydrogens is 458 g/mol. The standard InChI is InChI=1S/C28H25N3O3S/c1-20-7-9-22(10-8-20)28-19-27(30-31(28)23-13-17-26(18-14-23)35(29,32)33)21-11-15-25(16-12-21)34-24-5-3-2-4-6-24/h2-18,28H,19H2,1H3,(H2,29,32,33). The SMILES string of the molecule is Cc1ccc(C2CC(c3ccc(Oc4ccccc4)cc3)=NN2c2ccc(S(N)(=O)=O)cc2)cc1. The second-order valence-electron chi connectivity index (χ2n) is 8.50. The highest BCUT2D eigenvalue weighted by Crippen LogP contribution is 2.37. The molecule has 5 rings (SSSR count). The molecule has 0 spiro atoms. The summed E-state index contributed by atoms with van der Waals surface area (Å²) in [5.74, 6) is 1.54. The zero-order chi connectivity index (χ0) is 24.4. The van der Waals surface area contributed by atoms with E-state index in [2.05, 4.69) is 31.2 Å². The Morgan fingerprint density at radius 2 is 1.46 bits per heavy atom. The van der Waals surface area contributed by atoms with Crippen LogP contribution in [0.5, 0.6) is 11.5 Å². The first-order valence-electron chi connectivity index (χ1n) is 11.3. The Kier molecular flexibility index (Phi) is 6.11. The number of rotatable bonds is 6. The Balaban J connectivity index is 1.45. The molecule has 4 aromatic carbocycles. The van der Waals surface area contributed by atoms with Crippen molar-refractivity contribution in [2.45, 2.75) is 24.3 Å². The summed E-state index contributed by atoms with van der Waals surface area (Å²) in [4.78, 5) is 0.0746. The van der Waals surface area contributed by atoms with Crippen LogP contribution in [0.15, 0.2) is 113 Å². The Hall–Kier alpha value is -3.94. The van der Waals surface area contributed by atoms with Gasteiger partial charge in [0.05, 0.1) is 22.3 Å². The minimum atomic E-state index is -3.76. The van der Waals surface area contributed by atoms with Gasteiger partial charge in [-0.25, -0.2) is 13.6 Å². The molecule has 1 aliphatic heterocycles. The van der Waals surface area contributed by atoms with Crippen LogP contribution >= 0.6 is 0 Å². The van der Waals surface area contributed by atoms with E-state index < -0.39 is 10.0 Å². The quantitative estimate of drug-likeness (QED) is 0.376. The van der Waals surface area contributed by atoms with Crippen molar-refractivity contribution < 1.29 is 13.2 Å². The summed E-state index contributed by atoms with van der Waals surface area (Å²) in [5, 5.41) is 12.2. The van der Waals surface area contributed by atoms with Crippen molar-refractivity contribution in [3.8, 4) is 11.5 Å². The van der Waals surface area contributed by atoms with E-state index in [0.717, 1.165) is 34.0 Å². The molecule has 0 bridgehead atoms. The number of benzene rings is 4. The van der Waals surface area contributed by atoms with Gasteiger partial charge in [0.2, 0.25) is 10.0 Å². The first kappa shape index (κ1) is 22.8. The minimum absolute atomic E-state index is 0.0221. The monoisotopic (exact) mass is 483 g/mol. The number of nitrogens with two attached hydrogens (primary N) is 1. The lowest BCUT2D eigenvalue weighted by atomic mass is 9.97. The van der Waals surface area contributed by atoms with Gasteiger partial charge in [-0.05, 0) is 78.7 Å². The molecule has 0 radical (unpaired) electrons. The summed E-state index contributed by atoms with van der Waals surface area (Å²) in [6, 6.07) is 32.4. The van der Waals surface area contributed by atoms with E-state index in [0.29, 0.717) is 6.42 Å². The molecule has 35 heavy (non-hydrogen) atoms. The van der Waals surface area contributed by atoms with Crippen molar-refractivity contribution in [1.82, 2.24) is 0 Å². The fourth-order valence-corrected chi connectivity index (χ4v) is 4.62. The van der Waals surface area contributed by atoms with Gasteiger partial charge in [0, 0.05) is 6.42 Å². The van der Waals surface area contributed by atoms with Crippen molar-refractivity contribution in [3.63, 3.8) is 0 Å².